The van der Waals surface area contributed by atoms with Crippen molar-refractivity contribution >= 4 is 65.4 Å². The fourth-order valence-electron chi connectivity index (χ4n) is 8.76. The third kappa shape index (κ3) is 4.45. The van der Waals surface area contributed by atoms with Gasteiger partial charge in [0.15, 0.2) is 0 Å². The van der Waals surface area contributed by atoms with Crippen molar-refractivity contribution in [2.24, 2.45) is 0 Å². The third-order valence-electron chi connectivity index (χ3n) is 11.1. The summed E-state index contributed by atoms with van der Waals surface area (Å²) in [5.74, 6) is 0. The van der Waals surface area contributed by atoms with Crippen LogP contribution in [0.1, 0.15) is 11.1 Å². The molecule has 0 radical (unpaired) electrons. The number of para-hydroxylation sites is 5. The first-order valence-electron chi connectivity index (χ1n) is 18.3. The van der Waals surface area contributed by atoms with Gasteiger partial charge < -0.3 is 13.7 Å². The molecule has 0 saturated heterocycles. The Bertz CT molecular complexity index is 3420. The van der Waals surface area contributed by atoms with Gasteiger partial charge in [0.25, 0.3) is 0 Å². The zero-order chi connectivity index (χ0) is 36.6. The summed E-state index contributed by atoms with van der Waals surface area (Å²) in [6, 6.07) is 65.9. The minimum atomic E-state index is 0.582. The van der Waals surface area contributed by atoms with E-state index in [0.29, 0.717) is 11.1 Å². The van der Waals surface area contributed by atoms with Gasteiger partial charge in [-0.15, -0.1) is 0 Å². The van der Waals surface area contributed by atoms with Gasteiger partial charge in [0.2, 0.25) is 0 Å². The van der Waals surface area contributed by atoms with Gasteiger partial charge in [-0.05, 0) is 83.9 Å². The van der Waals surface area contributed by atoms with Crippen LogP contribution in [0, 0.1) is 22.7 Å². The van der Waals surface area contributed by atoms with Crippen molar-refractivity contribution < 1.29 is 0 Å². The quantitative estimate of drug-likeness (QED) is 0.184. The van der Waals surface area contributed by atoms with Crippen LogP contribution in [0.5, 0.6) is 0 Å². The topological polar surface area (TPSA) is 62.4 Å². The van der Waals surface area contributed by atoms with E-state index in [2.05, 4.69) is 171 Å². The Morgan fingerprint density at radius 1 is 0.345 bits per heavy atom. The molecule has 5 nitrogen and oxygen atoms in total. The molecule has 0 bridgehead atoms. The van der Waals surface area contributed by atoms with Crippen LogP contribution in [0.4, 0.5) is 0 Å². The van der Waals surface area contributed by atoms with Gasteiger partial charge in [0, 0.05) is 38.0 Å². The molecule has 0 amide bonds. The Morgan fingerprint density at radius 2 is 0.891 bits per heavy atom. The van der Waals surface area contributed by atoms with E-state index in [1.807, 2.05) is 30.3 Å². The van der Waals surface area contributed by atoms with Crippen LogP contribution in [0.2, 0.25) is 0 Å². The molecule has 0 saturated carbocycles. The lowest BCUT2D eigenvalue weighted by atomic mass is 10.0. The van der Waals surface area contributed by atoms with Crippen LogP contribution in [0.25, 0.3) is 93.6 Å². The van der Waals surface area contributed by atoms with Gasteiger partial charge in [-0.25, -0.2) is 0 Å². The number of hydrogen-bond donors (Lipinski definition) is 0. The predicted octanol–water partition coefficient (Wildman–Crippen LogP) is 12.4. The highest BCUT2D eigenvalue weighted by Gasteiger charge is 2.22. The molecule has 3 heterocycles. The van der Waals surface area contributed by atoms with Crippen molar-refractivity contribution in [3.63, 3.8) is 0 Å². The summed E-state index contributed by atoms with van der Waals surface area (Å²) in [7, 11) is 0. The lowest BCUT2D eigenvalue weighted by molar-refractivity contribution is 1.12. The maximum atomic E-state index is 10.9. The fourth-order valence-corrected chi connectivity index (χ4v) is 8.76. The first-order chi connectivity index (χ1) is 27.2. The highest BCUT2D eigenvalue weighted by Crippen LogP contribution is 2.41. The van der Waals surface area contributed by atoms with Gasteiger partial charge in [0.05, 0.1) is 61.7 Å². The first-order valence-corrected chi connectivity index (χ1v) is 18.3. The molecule has 8 aromatic carbocycles. The molecule has 0 fully saturated rings. The number of rotatable bonds is 4. The predicted molar refractivity (Wildman–Crippen MR) is 224 cm³/mol. The summed E-state index contributed by atoms with van der Waals surface area (Å²) in [4.78, 5) is 0. The number of fused-ring (bicyclic) bond motifs is 9. The minimum Gasteiger partial charge on any atom is -0.309 e. The molecule has 0 aliphatic rings. The van der Waals surface area contributed by atoms with E-state index in [9.17, 15) is 10.5 Å². The number of nitrogens with zero attached hydrogens (tertiary/aromatic N) is 5. The number of aromatic nitrogens is 3. The van der Waals surface area contributed by atoms with Crippen molar-refractivity contribution in [3.05, 3.63) is 187 Å². The SMILES string of the molecule is N#Cc1ccc2c(c1)c1ccccc1n2-c1cccc2c3ccccc3n(-c3ccc(-c4cccc(-n5c6ccccc6c6ccccc65)c4)cc3C#N)c12. The van der Waals surface area contributed by atoms with E-state index >= 15 is 0 Å². The van der Waals surface area contributed by atoms with E-state index in [1.54, 1.807) is 0 Å². The van der Waals surface area contributed by atoms with Crippen LogP contribution < -0.4 is 0 Å². The average molecular weight is 700 g/mol. The van der Waals surface area contributed by atoms with Gasteiger partial charge in [-0.3, -0.25) is 0 Å². The lowest BCUT2D eigenvalue weighted by Crippen LogP contribution is -2.02. The Balaban J connectivity index is 1.13. The second kappa shape index (κ2) is 11.8. The standard InChI is InChI=1S/C50H29N5/c51-30-32-23-25-48-42(27-32)40-16-4-7-20-46(40)54(48)49-22-10-17-41-39-15-3-8-21-47(39)55(50(41)49)43-26-24-34(28-35(43)31-52)33-11-9-12-36(29-33)53-44-18-5-1-13-37(44)38-14-2-6-19-45(38)53/h1-29H. The second-order valence-electron chi connectivity index (χ2n) is 14.0. The van der Waals surface area contributed by atoms with E-state index in [1.165, 1.54) is 10.8 Å². The van der Waals surface area contributed by atoms with E-state index in [4.69, 9.17) is 0 Å². The molecule has 254 valence electrons. The van der Waals surface area contributed by atoms with Crippen molar-refractivity contribution in [1.82, 2.24) is 13.7 Å². The van der Waals surface area contributed by atoms with Gasteiger partial charge in [-0.2, -0.15) is 10.5 Å². The maximum Gasteiger partial charge on any atom is 0.101 e. The molecule has 11 rings (SSSR count). The summed E-state index contributed by atoms with van der Waals surface area (Å²) in [6.07, 6.45) is 0. The summed E-state index contributed by atoms with van der Waals surface area (Å²) in [5.41, 5.74) is 12.5. The molecular weight excluding hydrogens is 671 g/mol. The molecule has 0 aliphatic heterocycles. The summed E-state index contributed by atoms with van der Waals surface area (Å²) in [5, 5.41) is 27.4. The molecule has 55 heavy (non-hydrogen) atoms. The number of nitriles is 2. The van der Waals surface area contributed by atoms with E-state index in [0.717, 1.165) is 82.8 Å². The highest BCUT2D eigenvalue weighted by molar-refractivity contribution is 6.15. The summed E-state index contributed by atoms with van der Waals surface area (Å²) < 4.78 is 6.87. The molecular formula is C50H29N5. The zero-order valence-corrected chi connectivity index (χ0v) is 29.5. The van der Waals surface area contributed by atoms with Gasteiger partial charge in [0.1, 0.15) is 6.07 Å². The van der Waals surface area contributed by atoms with Gasteiger partial charge in [-0.1, -0.05) is 103 Å². The smallest absolute Gasteiger partial charge is 0.101 e. The number of hydrogen-bond acceptors (Lipinski definition) is 2. The second-order valence-corrected chi connectivity index (χ2v) is 14.0. The molecule has 5 heteroatoms. The largest absolute Gasteiger partial charge is 0.309 e. The fraction of sp³-hybridized carbons (Fsp3) is 0. The van der Waals surface area contributed by atoms with Crippen molar-refractivity contribution in [3.8, 4) is 40.3 Å². The molecule has 0 unspecified atom stereocenters. The summed E-state index contributed by atoms with van der Waals surface area (Å²) >= 11 is 0. The van der Waals surface area contributed by atoms with Crippen LogP contribution >= 0.6 is 0 Å². The number of benzene rings is 8. The molecule has 3 aromatic heterocycles. The Hall–Kier alpha value is -7.86. The Labute approximate surface area is 316 Å². The first kappa shape index (κ1) is 30.7. The Morgan fingerprint density at radius 3 is 1.56 bits per heavy atom. The third-order valence-corrected chi connectivity index (χ3v) is 11.1. The molecule has 0 aliphatic carbocycles. The normalized spacial score (nSPS) is 11.6. The van der Waals surface area contributed by atoms with E-state index in [-0.39, 0.29) is 0 Å². The van der Waals surface area contributed by atoms with Gasteiger partial charge >= 0.3 is 0 Å². The lowest BCUT2D eigenvalue weighted by Gasteiger charge is -2.16. The van der Waals surface area contributed by atoms with Crippen LogP contribution in [0.15, 0.2) is 176 Å². The molecule has 0 spiro atoms. The van der Waals surface area contributed by atoms with E-state index < -0.39 is 0 Å². The molecule has 11 aromatic rings. The minimum absolute atomic E-state index is 0.582. The molecule has 0 N–H and O–H groups in total. The van der Waals surface area contributed by atoms with Crippen LogP contribution in [0.3, 0.4) is 0 Å². The highest BCUT2D eigenvalue weighted by atomic mass is 15.1. The summed E-state index contributed by atoms with van der Waals surface area (Å²) in [6.45, 7) is 0. The van der Waals surface area contributed by atoms with Crippen LogP contribution in [-0.4, -0.2) is 13.7 Å². The average Bonchev–Trinajstić information content (AvgIpc) is 3.89. The molecule has 0 atom stereocenters. The Kier molecular flexibility index (Phi) is 6.61. The van der Waals surface area contributed by atoms with Crippen LogP contribution in [-0.2, 0) is 0 Å². The zero-order valence-electron chi connectivity index (χ0n) is 29.5. The monoisotopic (exact) mass is 699 g/mol. The van der Waals surface area contributed by atoms with Crippen molar-refractivity contribution in [2.75, 3.05) is 0 Å². The van der Waals surface area contributed by atoms with Crippen molar-refractivity contribution in [2.45, 2.75) is 0 Å². The van der Waals surface area contributed by atoms with Crippen molar-refractivity contribution in [1.29, 1.82) is 10.5 Å². The maximum absolute atomic E-state index is 10.9.